The Morgan fingerprint density at radius 2 is 1.38 bits per heavy atom. The number of hydrogen-bond donors (Lipinski definition) is 0. The fraction of sp³-hybridized carbons (Fsp3) is 0.0227. The lowest BCUT2D eigenvalue weighted by Crippen LogP contribution is -1.97. The molecule has 0 saturated carbocycles. The topological polar surface area (TPSA) is 43.6 Å². The first-order valence-corrected chi connectivity index (χ1v) is 16.1. The summed E-state index contributed by atoms with van der Waals surface area (Å²) in [7, 11) is 0. The molecular formula is C44H30N4. The van der Waals surface area contributed by atoms with Gasteiger partial charge in [0, 0.05) is 33.8 Å². The molecule has 3 heterocycles. The van der Waals surface area contributed by atoms with Crippen LogP contribution in [-0.4, -0.2) is 19.5 Å². The molecule has 0 radical (unpaired) electrons. The van der Waals surface area contributed by atoms with Gasteiger partial charge in [0.15, 0.2) is 5.82 Å². The standard InChI is InChI=1S/C44H30N4/c1-3-4-10-30-27-41-38(23-28(30)2)37-13-7-8-15-40(37)48(41)36-21-20-32-25-35(19-17-33(32)26-36)44-46-39-14-9-22-45-43(39)42(47-44)34-18-16-29-11-5-6-12-31(29)24-34/h3-27H,1H2,2H3/b10-4-. The van der Waals surface area contributed by atoms with Crippen LogP contribution in [0.15, 0.2) is 152 Å². The van der Waals surface area contributed by atoms with Crippen LogP contribution in [-0.2, 0) is 0 Å². The first kappa shape index (κ1) is 27.9. The third-order valence-electron chi connectivity index (χ3n) is 9.29. The van der Waals surface area contributed by atoms with Crippen LogP contribution in [0.4, 0.5) is 0 Å². The maximum atomic E-state index is 5.13. The van der Waals surface area contributed by atoms with E-state index in [0.29, 0.717) is 5.82 Å². The van der Waals surface area contributed by atoms with E-state index in [1.165, 1.54) is 43.7 Å². The van der Waals surface area contributed by atoms with Crippen LogP contribution in [0.5, 0.6) is 0 Å². The van der Waals surface area contributed by atoms with Crippen LogP contribution in [0.2, 0.25) is 0 Å². The van der Waals surface area contributed by atoms with Crippen molar-refractivity contribution in [3.8, 4) is 28.3 Å². The van der Waals surface area contributed by atoms with E-state index in [9.17, 15) is 0 Å². The summed E-state index contributed by atoms with van der Waals surface area (Å²) in [5.41, 5.74) is 10.4. The summed E-state index contributed by atoms with van der Waals surface area (Å²) in [6.45, 7) is 6.03. The molecule has 9 aromatic rings. The molecule has 0 aliphatic carbocycles. The molecule has 0 spiro atoms. The second kappa shape index (κ2) is 11.1. The molecule has 0 amide bonds. The Bertz CT molecular complexity index is 2770. The summed E-state index contributed by atoms with van der Waals surface area (Å²) in [6.07, 6.45) is 7.75. The van der Waals surface area contributed by atoms with Crippen molar-refractivity contribution >= 4 is 60.5 Å². The van der Waals surface area contributed by atoms with Gasteiger partial charge in [-0.3, -0.25) is 4.98 Å². The zero-order chi connectivity index (χ0) is 32.2. The number of aryl methyl sites for hydroxylation is 1. The molecule has 0 unspecified atom stereocenters. The Balaban J connectivity index is 1.18. The second-order valence-corrected chi connectivity index (χ2v) is 12.2. The lowest BCUT2D eigenvalue weighted by Gasteiger charge is -2.12. The van der Waals surface area contributed by atoms with E-state index < -0.39 is 0 Å². The highest BCUT2D eigenvalue weighted by Gasteiger charge is 2.16. The number of rotatable bonds is 5. The van der Waals surface area contributed by atoms with Gasteiger partial charge in [-0.15, -0.1) is 0 Å². The fourth-order valence-electron chi connectivity index (χ4n) is 6.91. The van der Waals surface area contributed by atoms with Gasteiger partial charge in [-0.05, 0) is 94.2 Å². The van der Waals surface area contributed by atoms with Crippen molar-refractivity contribution in [2.75, 3.05) is 0 Å². The highest BCUT2D eigenvalue weighted by atomic mass is 15.0. The van der Waals surface area contributed by atoms with E-state index in [1.54, 1.807) is 6.20 Å². The number of fused-ring (bicyclic) bond motifs is 6. The Kier molecular flexibility index (Phi) is 6.47. The number of aromatic nitrogens is 4. The summed E-state index contributed by atoms with van der Waals surface area (Å²) >= 11 is 0. The van der Waals surface area contributed by atoms with Crippen LogP contribution in [0, 0.1) is 6.92 Å². The van der Waals surface area contributed by atoms with Gasteiger partial charge in [0.05, 0.1) is 16.6 Å². The summed E-state index contributed by atoms with van der Waals surface area (Å²) in [5.74, 6) is 0.683. The van der Waals surface area contributed by atoms with E-state index in [1.807, 2.05) is 24.3 Å². The number of benzene rings is 6. The minimum absolute atomic E-state index is 0.683. The minimum Gasteiger partial charge on any atom is -0.309 e. The zero-order valence-corrected chi connectivity index (χ0v) is 26.4. The van der Waals surface area contributed by atoms with Crippen molar-refractivity contribution in [3.63, 3.8) is 0 Å². The van der Waals surface area contributed by atoms with Gasteiger partial charge in [0.25, 0.3) is 0 Å². The van der Waals surface area contributed by atoms with E-state index in [2.05, 4.69) is 144 Å². The molecule has 9 rings (SSSR count). The van der Waals surface area contributed by atoms with Gasteiger partial charge in [0.1, 0.15) is 11.2 Å². The van der Waals surface area contributed by atoms with Crippen LogP contribution in [0.1, 0.15) is 11.1 Å². The summed E-state index contributed by atoms with van der Waals surface area (Å²) in [5, 5.41) is 7.14. The van der Waals surface area contributed by atoms with Crippen molar-refractivity contribution in [2.45, 2.75) is 6.92 Å². The van der Waals surface area contributed by atoms with Crippen molar-refractivity contribution in [1.29, 1.82) is 0 Å². The first-order chi connectivity index (χ1) is 23.6. The maximum absolute atomic E-state index is 5.13. The molecule has 4 heteroatoms. The molecule has 0 bridgehead atoms. The molecule has 4 nitrogen and oxygen atoms in total. The highest BCUT2D eigenvalue weighted by Crippen LogP contribution is 2.36. The van der Waals surface area contributed by atoms with E-state index in [4.69, 9.17) is 9.97 Å². The van der Waals surface area contributed by atoms with Crippen molar-refractivity contribution in [1.82, 2.24) is 19.5 Å². The maximum Gasteiger partial charge on any atom is 0.160 e. The number of nitrogens with zero attached hydrogens (tertiary/aromatic N) is 4. The Morgan fingerprint density at radius 1 is 0.625 bits per heavy atom. The molecule has 0 N–H and O–H groups in total. The van der Waals surface area contributed by atoms with E-state index in [0.717, 1.165) is 44.3 Å². The summed E-state index contributed by atoms with van der Waals surface area (Å²) in [6, 6.07) is 45.2. The van der Waals surface area contributed by atoms with Gasteiger partial charge in [0.2, 0.25) is 0 Å². The fourth-order valence-corrected chi connectivity index (χ4v) is 6.91. The quantitative estimate of drug-likeness (QED) is 0.181. The van der Waals surface area contributed by atoms with Crippen molar-refractivity contribution in [2.24, 2.45) is 0 Å². The average molecular weight is 615 g/mol. The number of para-hydroxylation sites is 1. The van der Waals surface area contributed by atoms with Crippen molar-refractivity contribution < 1.29 is 0 Å². The first-order valence-electron chi connectivity index (χ1n) is 16.1. The van der Waals surface area contributed by atoms with Gasteiger partial charge < -0.3 is 4.57 Å². The third kappa shape index (κ3) is 4.57. The van der Waals surface area contributed by atoms with Crippen LogP contribution < -0.4 is 0 Å². The lowest BCUT2D eigenvalue weighted by molar-refractivity contribution is 1.18. The predicted octanol–water partition coefficient (Wildman–Crippen LogP) is 11.3. The molecule has 0 aliphatic heterocycles. The molecule has 0 atom stereocenters. The molecular weight excluding hydrogens is 585 g/mol. The molecule has 3 aromatic heterocycles. The summed E-state index contributed by atoms with van der Waals surface area (Å²) < 4.78 is 2.37. The van der Waals surface area contributed by atoms with Gasteiger partial charge in [-0.25, -0.2) is 9.97 Å². The molecule has 48 heavy (non-hydrogen) atoms. The SMILES string of the molecule is C=C/C=C\c1cc2c(cc1C)c1ccccc1n2-c1ccc2cc(-c3nc(-c4ccc5ccccc5c4)c4ncccc4n3)ccc2c1. The van der Waals surface area contributed by atoms with Gasteiger partial charge >= 0.3 is 0 Å². The zero-order valence-electron chi connectivity index (χ0n) is 26.4. The molecule has 0 fully saturated rings. The molecule has 6 aromatic carbocycles. The van der Waals surface area contributed by atoms with E-state index in [-0.39, 0.29) is 0 Å². The van der Waals surface area contributed by atoms with Crippen LogP contribution >= 0.6 is 0 Å². The smallest absolute Gasteiger partial charge is 0.160 e. The lowest BCUT2D eigenvalue weighted by atomic mass is 10.0. The van der Waals surface area contributed by atoms with Crippen LogP contribution in [0.3, 0.4) is 0 Å². The van der Waals surface area contributed by atoms with E-state index >= 15 is 0 Å². The highest BCUT2D eigenvalue weighted by molar-refractivity contribution is 6.10. The monoisotopic (exact) mass is 614 g/mol. The minimum atomic E-state index is 0.683. The largest absolute Gasteiger partial charge is 0.309 e. The number of pyridine rings is 1. The predicted molar refractivity (Wildman–Crippen MR) is 202 cm³/mol. The Hall–Kier alpha value is -6.39. The van der Waals surface area contributed by atoms with Crippen LogP contribution in [0.25, 0.3) is 88.8 Å². The Labute approximate surface area is 278 Å². The normalized spacial score (nSPS) is 11.9. The Morgan fingerprint density at radius 3 is 2.29 bits per heavy atom. The second-order valence-electron chi connectivity index (χ2n) is 12.2. The van der Waals surface area contributed by atoms with Crippen molar-refractivity contribution in [3.05, 3.63) is 163 Å². The molecule has 226 valence electrons. The summed E-state index contributed by atoms with van der Waals surface area (Å²) in [4.78, 5) is 14.8. The third-order valence-corrected chi connectivity index (χ3v) is 9.29. The van der Waals surface area contributed by atoms with Gasteiger partial charge in [-0.2, -0.15) is 0 Å². The van der Waals surface area contributed by atoms with Gasteiger partial charge in [-0.1, -0.05) is 97.6 Å². The number of allylic oxidation sites excluding steroid dienone is 2. The average Bonchev–Trinajstić information content (AvgIpc) is 3.45. The number of hydrogen-bond acceptors (Lipinski definition) is 3. The molecule has 0 aliphatic rings. The molecule has 0 saturated heterocycles.